The molecule has 6 nitrogen and oxygen atoms in total. The first-order valence-electron chi connectivity index (χ1n) is 10.5. The number of hydrogen-bond acceptors (Lipinski definition) is 5. The maximum Gasteiger partial charge on any atom is 0.338 e. The molecule has 1 aliphatic rings. The third-order valence-electron chi connectivity index (χ3n) is 5.72. The van der Waals surface area contributed by atoms with E-state index in [9.17, 15) is 13.2 Å². The molecule has 2 aromatic rings. The minimum absolute atomic E-state index is 0.0732. The fourth-order valence-corrected chi connectivity index (χ4v) is 5.69. The van der Waals surface area contributed by atoms with Gasteiger partial charge in [-0.2, -0.15) is 4.31 Å². The first-order chi connectivity index (χ1) is 14.4. The molecule has 0 aromatic heterocycles. The number of esters is 1. The van der Waals surface area contributed by atoms with Crippen molar-refractivity contribution in [2.45, 2.75) is 44.2 Å². The molecule has 0 bridgehead atoms. The zero-order valence-electron chi connectivity index (χ0n) is 17.8. The second kappa shape index (κ2) is 9.73. The van der Waals surface area contributed by atoms with E-state index in [2.05, 4.69) is 24.0 Å². The van der Waals surface area contributed by atoms with E-state index in [1.807, 2.05) is 25.1 Å². The molecule has 0 saturated carbocycles. The van der Waals surface area contributed by atoms with Crippen LogP contribution in [0.4, 0.5) is 0 Å². The molecule has 1 aliphatic heterocycles. The molecule has 3 rings (SSSR count). The second-order valence-electron chi connectivity index (χ2n) is 7.48. The number of ether oxygens (including phenoxy) is 1. The molecular weight excluding hydrogens is 400 g/mol. The predicted molar refractivity (Wildman–Crippen MR) is 117 cm³/mol. The Balaban J connectivity index is 1.74. The minimum Gasteiger partial charge on any atom is -0.462 e. The Hall–Kier alpha value is -2.22. The minimum atomic E-state index is -3.65. The lowest BCUT2D eigenvalue weighted by Gasteiger charge is -2.29. The van der Waals surface area contributed by atoms with Gasteiger partial charge in [0.1, 0.15) is 0 Å². The number of rotatable bonds is 8. The topological polar surface area (TPSA) is 66.9 Å². The molecule has 0 amide bonds. The molecule has 0 radical (unpaired) electrons. The van der Waals surface area contributed by atoms with Gasteiger partial charge < -0.3 is 4.74 Å². The largest absolute Gasteiger partial charge is 0.462 e. The van der Waals surface area contributed by atoms with Crippen LogP contribution in [0.2, 0.25) is 0 Å². The summed E-state index contributed by atoms with van der Waals surface area (Å²) in [6, 6.07) is 16.4. The van der Waals surface area contributed by atoms with E-state index in [1.165, 1.54) is 29.8 Å². The Kier molecular flexibility index (Phi) is 7.28. The normalized spacial score (nSPS) is 18.5. The van der Waals surface area contributed by atoms with Crippen molar-refractivity contribution in [1.82, 2.24) is 9.21 Å². The molecule has 1 saturated heterocycles. The molecule has 162 valence electrons. The van der Waals surface area contributed by atoms with Gasteiger partial charge in [0.15, 0.2) is 0 Å². The lowest BCUT2D eigenvalue weighted by atomic mass is 10.1. The number of sulfonamides is 1. The van der Waals surface area contributed by atoms with E-state index < -0.39 is 16.0 Å². The van der Waals surface area contributed by atoms with Crippen molar-refractivity contribution in [2.75, 3.05) is 26.2 Å². The van der Waals surface area contributed by atoms with Crippen molar-refractivity contribution in [3.05, 3.63) is 65.7 Å². The Labute approximate surface area is 179 Å². The Morgan fingerprint density at radius 2 is 1.80 bits per heavy atom. The van der Waals surface area contributed by atoms with Crippen LogP contribution < -0.4 is 0 Å². The number of hydrogen-bond donors (Lipinski definition) is 0. The summed E-state index contributed by atoms with van der Waals surface area (Å²) in [7, 11) is -3.65. The third kappa shape index (κ3) is 4.74. The number of benzene rings is 2. The van der Waals surface area contributed by atoms with Crippen LogP contribution in [-0.4, -0.2) is 55.9 Å². The van der Waals surface area contributed by atoms with Crippen molar-refractivity contribution in [1.29, 1.82) is 0 Å². The van der Waals surface area contributed by atoms with Crippen molar-refractivity contribution in [3.63, 3.8) is 0 Å². The summed E-state index contributed by atoms with van der Waals surface area (Å²) >= 11 is 0. The first kappa shape index (κ1) is 22.5. The van der Waals surface area contributed by atoms with Gasteiger partial charge in [-0.15, -0.1) is 0 Å². The maximum absolute atomic E-state index is 13.3. The standard InChI is InChI=1S/C23H30N2O4S/c1-4-25(21-15-16-24(17-21)18(3)19-9-7-6-8-10-19)30(27,28)22-13-11-20(12-14-22)23(26)29-5-2/h6-14,18,21H,4-5,15-17H2,1-3H3. The highest BCUT2D eigenvalue weighted by atomic mass is 32.2. The number of likely N-dealkylation sites (tertiary alicyclic amines) is 1. The van der Waals surface area contributed by atoms with Crippen LogP contribution in [0.15, 0.2) is 59.5 Å². The quantitative estimate of drug-likeness (QED) is 0.597. The molecule has 2 unspecified atom stereocenters. The van der Waals surface area contributed by atoms with Gasteiger partial charge in [-0.3, -0.25) is 4.90 Å². The van der Waals surface area contributed by atoms with Gasteiger partial charge in [0.05, 0.1) is 17.1 Å². The molecule has 0 aliphatic carbocycles. The van der Waals surface area contributed by atoms with Crippen LogP contribution >= 0.6 is 0 Å². The Morgan fingerprint density at radius 3 is 2.40 bits per heavy atom. The van der Waals surface area contributed by atoms with Crippen LogP contribution in [0, 0.1) is 0 Å². The average Bonchev–Trinajstić information content (AvgIpc) is 3.24. The van der Waals surface area contributed by atoms with Crippen LogP contribution in [0.25, 0.3) is 0 Å². The molecule has 7 heteroatoms. The van der Waals surface area contributed by atoms with Gasteiger partial charge in [-0.1, -0.05) is 37.3 Å². The van der Waals surface area contributed by atoms with Gasteiger partial charge in [0.2, 0.25) is 10.0 Å². The molecule has 1 fully saturated rings. The number of likely N-dealkylation sites (N-methyl/N-ethyl adjacent to an activating group) is 1. The smallest absolute Gasteiger partial charge is 0.338 e. The van der Waals surface area contributed by atoms with E-state index in [4.69, 9.17) is 4.74 Å². The summed E-state index contributed by atoms with van der Waals surface area (Å²) in [5.41, 5.74) is 1.58. The average molecular weight is 431 g/mol. The summed E-state index contributed by atoms with van der Waals surface area (Å²) in [6.45, 7) is 8.00. The third-order valence-corrected chi connectivity index (χ3v) is 7.76. The summed E-state index contributed by atoms with van der Waals surface area (Å²) < 4.78 is 33.1. The number of carbonyl (C=O) groups is 1. The highest BCUT2D eigenvalue weighted by Gasteiger charge is 2.36. The fraction of sp³-hybridized carbons (Fsp3) is 0.435. The molecule has 0 N–H and O–H groups in total. The molecule has 0 spiro atoms. The van der Waals surface area contributed by atoms with Gasteiger partial charge in [0, 0.05) is 31.7 Å². The summed E-state index contributed by atoms with van der Waals surface area (Å²) in [6.07, 6.45) is 0.797. The van der Waals surface area contributed by atoms with Crippen molar-refractivity contribution in [2.24, 2.45) is 0 Å². The monoisotopic (exact) mass is 430 g/mol. The van der Waals surface area contributed by atoms with E-state index in [0.717, 1.165) is 13.0 Å². The van der Waals surface area contributed by atoms with Crippen LogP contribution in [-0.2, 0) is 14.8 Å². The Morgan fingerprint density at radius 1 is 1.13 bits per heavy atom. The van der Waals surface area contributed by atoms with E-state index >= 15 is 0 Å². The molecule has 1 heterocycles. The van der Waals surface area contributed by atoms with Gasteiger partial charge in [-0.25, -0.2) is 13.2 Å². The highest BCUT2D eigenvalue weighted by molar-refractivity contribution is 7.89. The van der Waals surface area contributed by atoms with Crippen LogP contribution in [0.3, 0.4) is 0 Å². The van der Waals surface area contributed by atoms with Crippen LogP contribution in [0.1, 0.15) is 49.2 Å². The number of carbonyl (C=O) groups excluding carboxylic acids is 1. The summed E-state index contributed by atoms with van der Waals surface area (Å²) in [5, 5.41) is 0. The summed E-state index contributed by atoms with van der Waals surface area (Å²) in [4.78, 5) is 14.4. The predicted octanol–water partition coefficient (Wildman–Crippen LogP) is 3.71. The van der Waals surface area contributed by atoms with Gasteiger partial charge >= 0.3 is 5.97 Å². The lowest BCUT2D eigenvalue weighted by Crippen LogP contribution is -2.42. The Bertz CT molecular complexity index is 945. The van der Waals surface area contributed by atoms with Crippen molar-refractivity contribution in [3.8, 4) is 0 Å². The molecular formula is C23H30N2O4S. The number of nitrogens with zero attached hydrogens (tertiary/aromatic N) is 2. The van der Waals surface area contributed by atoms with Gasteiger partial charge in [-0.05, 0) is 50.1 Å². The molecule has 30 heavy (non-hydrogen) atoms. The van der Waals surface area contributed by atoms with Crippen molar-refractivity contribution >= 4 is 16.0 Å². The highest BCUT2D eigenvalue weighted by Crippen LogP contribution is 2.29. The van der Waals surface area contributed by atoms with E-state index in [0.29, 0.717) is 18.7 Å². The van der Waals surface area contributed by atoms with E-state index in [-0.39, 0.29) is 23.6 Å². The SMILES string of the molecule is CCOC(=O)c1ccc(S(=O)(=O)N(CC)C2CCN(C(C)c3ccccc3)C2)cc1. The lowest BCUT2D eigenvalue weighted by molar-refractivity contribution is 0.0526. The fourth-order valence-electron chi connectivity index (χ4n) is 4.03. The van der Waals surface area contributed by atoms with Crippen LogP contribution in [0.5, 0.6) is 0 Å². The molecule has 2 aromatic carbocycles. The van der Waals surface area contributed by atoms with Crippen molar-refractivity contribution < 1.29 is 17.9 Å². The maximum atomic E-state index is 13.3. The first-order valence-corrected chi connectivity index (χ1v) is 11.9. The summed E-state index contributed by atoms with van der Waals surface area (Å²) in [5.74, 6) is -0.449. The van der Waals surface area contributed by atoms with E-state index in [1.54, 1.807) is 11.2 Å². The second-order valence-corrected chi connectivity index (χ2v) is 9.37. The van der Waals surface area contributed by atoms with Gasteiger partial charge in [0.25, 0.3) is 0 Å². The molecule has 2 atom stereocenters. The zero-order chi connectivity index (χ0) is 21.7. The zero-order valence-corrected chi connectivity index (χ0v) is 18.6.